The summed E-state index contributed by atoms with van der Waals surface area (Å²) in [6.45, 7) is 7.10. The first-order chi connectivity index (χ1) is 13.6. The Morgan fingerprint density at radius 3 is 2.73 bits per heavy atom. The van der Waals surface area contributed by atoms with Gasteiger partial charge in [-0.3, -0.25) is 0 Å². The maximum absolute atomic E-state index is 13.6. The number of anilines is 3. The lowest BCUT2D eigenvalue weighted by atomic mass is 10.1. The summed E-state index contributed by atoms with van der Waals surface area (Å²) in [5.41, 5.74) is 1.57. The van der Waals surface area contributed by atoms with Crippen LogP contribution in [0.1, 0.15) is 44.4 Å². The number of hydrogen-bond acceptors (Lipinski definition) is 6. The molecule has 1 aromatic carbocycles. The minimum atomic E-state index is -0.530. The molecule has 164 valence electrons. The highest BCUT2D eigenvalue weighted by Gasteiger charge is 2.21. The molecule has 0 amide bonds. The molecule has 9 heteroatoms. The van der Waals surface area contributed by atoms with E-state index in [9.17, 15) is 4.39 Å². The number of likely N-dealkylation sites (N-methyl/N-ethyl adjacent to an activating group) is 1. The molecular weight excluding hydrogens is 426 g/mol. The fourth-order valence-corrected chi connectivity index (χ4v) is 3.54. The molecule has 3 rings (SSSR count). The minimum Gasteiger partial charge on any atom is -0.355 e. The number of nitrogens with one attached hydrogen (secondary N) is 2. The zero-order chi connectivity index (χ0) is 19.9. The van der Waals surface area contributed by atoms with Crippen molar-refractivity contribution in [3.63, 3.8) is 0 Å². The van der Waals surface area contributed by atoms with Crippen LogP contribution in [0.15, 0.2) is 24.3 Å². The summed E-state index contributed by atoms with van der Waals surface area (Å²) in [6, 6.07) is 8.74. The molecule has 2 heterocycles. The predicted octanol–water partition coefficient (Wildman–Crippen LogP) is 4.61. The van der Waals surface area contributed by atoms with Crippen LogP contribution in [-0.4, -0.2) is 35.6 Å². The van der Waals surface area contributed by atoms with Gasteiger partial charge in [0, 0.05) is 36.6 Å². The highest BCUT2D eigenvalue weighted by atomic mass is 35.5. The van der Waals surface area contributed by atoms with Gasteiger partial charge in [-0.25, -0.2) is 9.37 Å². The second-order valence-electron chi connectivity index (χ2n) is 7.07. The number of rotatable bonds is 7. The summed E-state index contributed by atoms with van der Waals surface area (Å²) >= 11 is 0. The predicted molar refractivity (Wildman–Crippen MR) is 124 cm³/mol. The Hall–Kier alpha value is -2.14. The molecule has 1 fully saturated rings. The van der Waals surface area contributed by atoms with Gasteiger partial charge >= 0.3 is 0 Å². The van der Waals surface area contributed by atoms with Crippen molar-refractivity contribution in [3.8, 4) is 6.07 Å². The van der Waals surface area contributed by atoms with Gasteiger partial charge in [0.2, 0.25) is 5.95 Å². The molecule has 1 aliphatic heterocycles. The molecule has 0 aliphatic carbocycles. The molecule has 2 aromatic rings. The van der Waals surface area contributed by atoms with Crippen LogP contribution in [0, 0.1) is 17.1 Å². The van der Waals surface area contributed by atoms with E-state index in [1.54, 1.807) is 6.07 Å². The van der Waals surface area contributed by atoms with Crippen LogP contribution < -0.4 is 15.5 Å². The second kappa shape index (κ2) is 12.5. The quantitative estimate of drug-likeness (QED) is 0.635. The summed E-state index contributed by atoms with van der Waals surface area (Å²) in [6.07, 6.45) is 4.15. The van der Waals surface area contributed by atoms with Gasteiger partial charge in [0.05, 0.1) is 5.56 Å². The number of nitrogens with zero attached hydrogens (tertiary/aromatic N) is 4. The van der Waals surface area contributed by atoms with E-state index in [0.717, 1.165) is 50.4 Å². The third-order valence-corrected chi connectivity index (χ3v) is 4.85. The second-order valence-corrected chi connectivity index (χ2v) is 7.07. The number of aromatic nitrogens is 2. The molecule has 1 aromatic heterocycles. The highest BCUT2D eigenvalue weighted by Crippen LogP contribution is 2.23. The van der Waals surface area contributed by atoms with Crippen molar-refractivity contribution in [2.45, 2.75) is 45.6 Å². The fraction of sp³-hybridized carbons (Fsp3) is 0.476. The van der Waals surface area contributed by atoms with E-state index in [0.29, 0.717) is 17.7 Å². The molecule has 0 spiro atoms. The van der Waals surface area contributed by atoms with Crippen molar-refractivity contribution in [1.29, 1.82) is 5.26 Å². The molecule has 0 bridgehead atoms. The molecule has 1 unspecified atom stereocenters. The monoisotopic (exact) mass is 454 g/mol. The molecule has 2 N–H and O–H groups in total. The van der Waals surface area contributed by atoms with Gasteiger partial charge in [-0.1, -0.05) is 20.3 Å². The number of hydrogen-bond donors (Lipinski definition) is 2. The number of nitriles is 1. The standard InChI is InChI=1S/C21H27FN6.2ClH/c1-3-6-16-12-20(28-10-5-7-18(14-28)24-4-2)27-21(25-16)26-17-8-9-19(22)15(11-17)13-23;;/h8-9,11-12,18,24H,3-7,10,14H2,1-2H3,(H,25,26,27);2*1H. The van der Waals surface area contributed by atoms with Gasteiger partial charge in [0.1, 0.15) is 17.7 Å². The Labute approximate surface area is 190 Å². The number of benzene rings is 1. The van der Waals surface area contributed by atoms with Gasteiger partial charge in [-0.15, -0.1) is 24.8 Å². The zero-order valence-corrected chi connectivity index (χ0v) is 19.0. The fourth-order valence-electron chi connectivity index (χ4n) is 3.54. The number of halogens is 3. The maximum Gasteiger partial charge on any atom is 0.229 e. The van der Waals surface area contributed by atoms with Crippen molar-refractivity contribution in [3.05, 3.63) is 41.3 Å². The highest BCUT2D eigenvalue weighted by molar-refractivity contribution is 5.85. The van der Waals surface area contributed by atoms with Crippen molar-refractivity contribution >= 4 is 42.3 Å². The van der Waals surface area contributed by atoms with Crippen LogP contribution in [0.2, 0.25) is 0 Å². The van der Waals surface area contributed by atoms with E-state index in [1.165, 1.54) is 18.6 Å². The van der Waals surface area contributed by atoms with E-state index < -0.39 is 5.82 Å². The van der Waals surface area contributed by atoms with Crippen LogP contribution in [0.3, 0.4) is 0 Å². The summed E-state index contributed by atoms with van der Waals surface area (Å²) in [5, 5.41) is 15.7. The van der Waals surface area contributed by atoms with Gasteiger partial charge in [0.25, 0.3) is 0 Å². The SMILES string of the molecule is CCCc1cc(N2CCCC(NCC)C2)nc(Nc2ccc(F)c(C#N)c2)n1.Cl.Cl. The lowest BCUT2D eigenvalue weighted by Crippen LogP contribution is -2.46. The smallest absolute Gasteiger partial charge is 0.229 e. The van der Waals surface area contributed by atoms with Crippen LogP contribution in [0.25, 0.3) is 0 Å². The number of piperidine rings is 1. The average Bonchev–Trinajstić information content (AvgIpc) is 2.70. The zero-order valence-electron chi connectivity index (χ0n) is 17.3. The Morgan fingerprint density at radius 2 is 2.03 bits per heavy atom. The summed E-state index contributed by atoms with van der Waals surface area (Å²) in [4.78, 5) is 11.6. The average molecular weight is 455 g/mol. The topological polar surface area (TPSA) is 76.9 Å². The van der Waals surface area contributed by atoms with Gasteiger partial charge in [-0.05, 0) is 44.0 Å². The molecule has 1 saturated heterocycles. The number of aryl methyl sites for hydroxylation is 1. The molecule has 30 heavy (non-hydrogen) atoms. The van der Waals surface area contributed by atoms with E-state index in [2.05, 4.69) is 40.4 Å². The van der Waals surface area contributed by atoms with Gasteiger partial charge < -0.3 is 15.5 Å². The van der Waals surface area contributed by atoms with Crippen LogP contribution in [0.5, 0.6) is 0 Å². The van der Waals surface area contributed by atoms with Crippen molar-refractivity contribution in [2.75, 3.05) is 29.9 Å². The van der Waals surface area contributed by atoms with Crippen molar-refractivity contribution < 1.29 is 4.39 Å². The Morgan fingerprint density at radius 1 is 1.23 bits per heavy atom. The molecule has 6 nitrogen and oxygen atoms in total. The molecule has 1 aliphatic rings. The molecular formula is C21H29Cl2FN6. The van der Waals surface area contributed by atoms with Crippen LogP contribution >= 0.6 is 24.8 Å². The third-order valence-electron chi connectivity index (χ3n) is 4.85. The van der Waals surface area contributed by atoms with Crippen molar-refractivity contribution in [2.24, 2.45) is 0 Å². The molecule has 0 radical (unpaired) electrons. The lowest BCUT2D eigenvalue weighted by Gasteiger charge is -2.34. The lowest BCUT2D eigenvalue weighted by molar-refractivity contribution is 0.429. The molecule has 1 atom stereocenters. The first-order valence-electron chi connectivity index (χ1n) is 9.95. The van der Waals surface area contributed by atoms with Gasteiger partial charge in [0.15, 0.2) is 0 Å². The normalized spacial score (nSPS) is 15.5. The van der Waals surface area contributed by atoms with Crippen molar-refractivity contribution in [1.82, 2.24) is 15.3 Å². The van der Waals surface area contributed by atoms with E-state index in [1.807, 2.05) is 6.07 Å². The summed E-state index contributed by atoms with van der Waals surface area (Å²) < 4.78 is 13.6. The van der Waals surface area contributed by atoms with Crippen LogP contribution in [-0.2, 0) is 6.42 Å². The first kappa shape index (κ1) is 25.9. The van der Waals surface area contributed by atoms with Crippen LogP contribution in [0.4, 0.5) is 21.8 Å². The van der Waals surface area contributed by atoms with E-state index >= 15 is 0 Å². The summed E-state index contributed by atoms with van der Waals surface area (Å²) in [5.74, 6) is 0.852. The maximum atomic E-state index is 13.6. The Kier molecular flexibility index (Phi) is 10.8. The van der Waals surface area contributed by atoms with E-state index in [4.69, 9.17) is 10.2 Å². The third kappa shape index (κ3) is 6.69. The largest absolute Gasteiger partial charge is 0.355 e. The minimum absolute atomic E-state index is 0. The Bertz CT molecular complexity index is 856. The van der Waals surface area contributed by atoms with Gasteiger partial charge in [-0.2, -0.15) is 10.2 Å². The molecule has 0 saturated carbocycles. The summed E-state index contributed by atoms with van der Waals surface area (Å²) in [7, 11) is 0. The first-order valence-corrected chi connectivity index (χ1v) is 9.95. The van der Waals surface area contributed by atoms with E-state index in [-0.39, 0.29) is 30.4 Å². The Balaban J connectivity index is 0.00000225.